The maximum atomic E-state index is 12.8. The Labute approximate surface area is 174 Å². The number of hydrogen-bond donors (Lipinski definition) is 2. The van der Waals surface area contributed by atoms with Gasteiger partial charge in [-0.2, -0.15) is 5.26 Å². The zero-order valence-corrected chi connectivity index (χ0v) is 17.5. The standard InChI is InChI=1S/C22H25N3O3S/c1-4-6-11-28-15-9-7-14(8-10-15)18-17(22(26)27-5-2)13(3)25-21-19(18)20(24)16(12-23)29-21/h7-10,17-18,25H,3-6,11,24H2,1-2H3/t17-,18+/m1/s1. The van der Waals surface area contributed by atoms with Crippen LogP contribution < -0.4 is 15.8 Å². The van der Waals surface area contributed by atoms with Crippen LogP contribution >= 0.6 is 11.3 Å². The molecule has 2 atom stereocenters. The number of hydrogen-bond acceptors (Lipinski definition) is 7. The van der Waals surface area contributed by atoms with Gasteiger partial charge in [-0.15, -0.1) is 11.3 Å². The lowest BCUT2D eigenvalue weighted by atomic mass is 9.77. The first-order valence-electron chi connectivity index (χ1n) is 9.69. The fourth-order valence-corrected chi connectivity index (χ4v) is 4.51. The summed E-state index contributed by atoms with van der Waals surface area (Å²) in [4.78, 5) is 13.2. The van der Waals surface area contributed by atoms with Gasteiger partial charge < -0.3 is 20.5 Å². The highest BCUT2D eigenvalue weighted by molar-refractivity contribution is 7.17. The van der Waals surface area contributed by atoms with E-state index in [0.29, 0.717) is 22.9 Å². The first-order chi connectivity index (χ1) is 14.0. The number of nitrogens with zero attached hydrogens (tertiary/aromatic N) is 1. The first-order valence-corrected chi connectivity index (χ1v) is 10.5. The lowest BCUT2D eigenvalue weighted by Crippen LogP contribution is -2.33. The number of nitrogen functional groups attached to an aromatic ring is 1. The average Bonchev–Trinajstić information content (AvgIpc) is 3.03. The minimum absolute atomic E-state index is 0.273. The lowest BCUT2D eigenvalue weighted by Gasteiger charge is -2.33. The molecule has 3 rings (SSSR count). The fraction of sp³-hybridized carbons (Fsp3) is 0.364. The molecule has 0 spiro atoms. The van der Waals surface area contributed by atoms with Crippen molar-refractivity contribution in [3.05, 3.63) is 52.5 Å². The number of esters is 1. The third-order valence-corrected chi connectivity index (χ3v) is 5.97. The van der Waals surface area contributed by atoms with E-state index in [1.165, 1.54) is 11.3 Å². The van der Waals surface area contributed by atoms with Crippen LogP contribution in [0, 0.1) is 17.2 Å². The van der Waals surface area contributed by atoms with E-state index in [2.05, 4.69) is 24.9 Å². The summed E-state index contributed by atoms with van der Waals surface area (Å²) in [5.74, 6) is -0.620. The van der Waals surface area contributed by atoms with Crippen LogP contribution in [0.4, 0.5) is 10.7 Å². The molecule has 0 aliphatic carbocycles. The molecule has 0 radical (unpaired) electrons. The number of carbonyl (C=O) groups is 1. The van der Waals surface area contributed by atoms with E-state index < -0.39 is 5.92 Å². The molecular formula is C22H25N3O3S. The number of fused-ring (bicyclic) bond motifs is 1. The Morgan fingerprint density at radius 1 is 1.34 bits per heavy atom. The molecule has 0 saturated heterocycles. The number of carbonyl (C=O) groups excluding carboxylic acids is 1. The third-order valence-electron chi connectivity index (χ3n) is 4.93. The highest BCUT2D eigenvalue weighted by Crippen LogP contribution is 2.51. The number of unbranched alkanes of at least 4 members (excludes halogenated alkanes) is 1. The molecule has 3 N–H and O–H groups in total. The number of ether oxygens (including phenoxy) is 2. The van der Waals surface area contributed by atoms with Crippen LogP contribution in [0.15, 0.2) is 36.5 Å². The van der Waals surface area contributed by atoms with E-state index >= 15 is 0 Å². The number of rotatable bonds is 7. The Bertz CT molecular complexity index is 943. The van der Waals surface area contributed by atoms with Crippen molar-refractivity contribution in [2.45, 2.75) is 32.6 Å². The van der Waals surface area contributed by atoms with E-state index in [-0.39, 0.29) is 18.5 Å². The second-order valence-electron chi connectivity index (χ2n) is 6.83. The van der Waals surface area contributed by atoms with E-state index in [1.807, 2.05) is 24.3 Å². The molecule has 1 aliphatic rings. The van der Waals surface area contributed by atoms with Gasteiger partial charge in [0.25, 0.3) is 0 Å². The maximum absolute atomic E-state index is 12.8. The number of nitrogens with two attached hydrogens (primary N) is 1. The maximum Gasteiger partial charge on any atom is 0.315 e. The van der Waals surface area contributed by atoms with Crippen molar-refractivity contribution in [3.8, 4) is 11.8 Å². The van der Waals surface area contributed by atoms with E-state index in [9.17, 15) is 10.1 Å². The number of thiophene rings is 1. The van der Waals surface area contributed by atoms with Gasteiger partial charge in [-0.3, -0.25) is 4.79 Å². The summed E-state index contributed by atoms with van der Waals surface area (Å²) in [6.45, 7) is 8.88. The Morgan fingerprint density at radius 3 is 2.69 bits per heavy atom. The molecule has 1 aliphatic heterocycles. The summed E-state index contributed by atoms with van der Waals surface area (Å²) in [7, 11) is 0. The first kappa shape index (κ1) is 20.7. The monoisotopic (exact) mass is 411 g/mol. The van der Waals surface area contributed by atoms with Gasteiger partial charge in [0.2, 0.25) is 0 Å². The van der Waals surface area contributed by atoms with Crippen LogP contribution in [-0.2, 0) is 9.53 Å². The summed E-state index contributed by atoms with van der Waals surface area (Å²) in [6.07, 6.45) is 2.06. The summed E-state index contributed by atoms with van der Waals surface area (Å²) >= 11 is 1.27. The zero-order valence-electron chi connectivity index (χ0n) is 16.7. The Morgan fingerprint density at radius 2 is 2.07 bits per heavy atom. The van der Waals surface area contributed by atoms with Crippen LogP contribution in [0.2, 0.25) is 0 Å². The summed E-state index contributed by atoms with van der Waals surface area (Å²) < 4.78 is 11.1. The molecular weight excluding hydrogens is 386 g/mol. The molecule has 0 fully saturated rings. The van der Waals surface area contributed by atoms with E-state index in [1.54, 1.807) is 6.92 Å². The molecule has 1 aromatic heterocycles. The van der Waals surface area contributed by atoms with Crippen molar-refractivity contribution in [1.82, 2.24) is 0 Å². The second kappa shape index (κ2) is 9.01. The van der Waals surface area contributed by atoms with Gasteiger partial charge in [0, 0.05) is 17.2 Å². The van der Waals surface area contributed by atoms with E-state index in [4.69, 9.17) is 15.2 Å². The molecule has 2 heterocycles. The molecule has 7 heteroatoms. The van der Waals surface area contributed by atoms with Crippen LogP contribution in [0.3, 0.4) is 0 Å². The molecule has 0 amide bonds. The second-order valence-corrected chi connectivity index (χ2v) is 7.85. The normalized spacial score (nSPS) is 17.8. The van der Waals surface area contributed by atoms with E-state index in [0.717, 1.165) is 34.7 Å². The molecule has 0 unspecified atom stereocenters. The predicted octanol–water partition coefficient (Wildman–Crippen LogP) is 4.63. The lowest BCUT2D eigenvalue weighted by molar-refractivity contribution is -0.147. The summed E-state index contributed by atoms with van der Waals surface area (Å²) in [5.41, 5.74) is 8.87. The van der Waals surface area contributed by atoms with Gasteiger partial charge in [0.1, 0.15) is 22.6 Å². The highest BCUT2D eigenvalue weighted by Gasteiger charge is 2.42. The SMILES string of the molecule is C=C1Nc2sc(C#N)c(N)c2[C@@H](c2ccc(OCCCC)cc2)[C@@H]1C(=O)OCC. The van der Waals surface area contributed by atoms with Gasteiger partial charge in [-0.05, 0) is 31.0 Å². The number of anilines is 2. The summed E-state index contributed by atoms with van der Waals surface area (Å²) in [6, 6.07) is 9.79. The predicted molar refractivity (Wildman–Crippen MR) is 115 cm³/mol. The zero-order chi connectivity index (χ0) is 21.0. The van der Waals surface area contributed by atoms with Gasteiger partial charge in [-0.25, -0.2) is 0 Å². The van der Waals surface area contributed by atoms with Gasteiger partial charge in [0.15, 0.2) is 0 Å². The molecule has 0 saturated carbocycles. The molecule has 29 heavy (non-hydrogen) atoms. The van der Waals surface area contributed by atoms with Crippen LogP contribution in [-0.4, -0.2) is 19.2 Å². The van der Waals surface area contributed by atoms with Crippen LogP contribution in [0.25, 0.3) is 0 Å². The van der Waals surface area contributed by atoms with Crippen LogP contribution in [0.5, 0.6) is 5.75 Å². The smallest absolute Gasteiger partial charge is 0.315 e. The van der Waals surface area contributed by atoms with Gasteiger partial charge in [0.05, 0.1) is 23.9 Å². The summed E-state index contributed by atoms with van der Waals surface area (Å²) in [5, 5.41) is 13.3. The largest absolute Gasteiger partial charge is 0.494 e. The topological polar surface area (TPSA) is 97.4 Å². The minimum atomic E-state index is -0.641. The van der Waals surface area contributed by atoms with Crippen molar-refractivity contribution < 1.29 is 14.3 Å². The molecule has 2 aromatic rings. The average molecular weight is 412 g/mol. The molecule has 0 bridgehead atoms. The third kappa shape index (κ3) is 4.08. The fourth-order valence-electron chi connectivity index (χ4n) is 3.51. The number of nitrogens with one attached hydrogen (secondary N) is 1. The van der Waals surface area contributed by atoms with Crippen molar-refractivity contribution in [3.63, 3.8) is 0 Å². The van der Waals surface area contributed by atoms with Gasteiger partial charge in [-0.1, -0.05) is 32.1 Å². The van der Waals surface area contributed by atoms with Gasteiger partial charge >= 0.3 is 5.97 Å². The number of benzene rings is 1. The van der Waals surface area contributed by atoms with Crippen molar-refractivity contribution in [1.29, 1.82) is 5.26 Å². The highest BCUT2D eigenvalue weighted by atomic mass is 32.1. The van der Waals surface area contributed by atoms with Crippen molar-refractivity contribution in [2.24, 2.45) is 5.92 Å². The Hall–Kier alpha value is -2.98. The van der Waals surface area contributed by atoms with Crippen LogP contribution in [0.1, 0.15) is 48.6 Å². The number of nitriles is 1. The van der Waals surface area contributed by atoms with Crippen molar-refractivity contribution in [2.75, 3.05) is 24.3 Å². The molecule has 1 aromatic carbocycles. The Balaban J connectivity index is 2.04. The minimum Gasteiger partial charge on any atom is -0.494 e. The molecule has 6 nitrogen and oxygen atoms in total. The van der Waals surface area contributed by atoms with Crippen molar-refractivity contribution >= 4 is 28.0 Å². The quantitative estimate of drug-likeness (QED) is 0.509. The molecule has 152 valence electrons. The Kier molecular flexibility index (Phi) is 6.45.